The highest BCUT2D eigenvalue weighted by Crippen LogP contribution is 2.37. The Bertz CT molecular complexity index is 297. The summed E-state index contributed by atoms with van der Waals surface area (Å²) in [7, 11) is 0. The van der Waals surface area contributed by atoms with Gasteiger partial charge < -0.3 is 0 Å². The molecule has 4 heteroatoms. The van der Waals surface area contributed by atoms with Gasteiger partial charge in [-0.3, -0.25) is 14.8 Å². The standard InChI is InChI=1S/C9H11NO3/c1-5-3-2-4-6-7(5)9(12)10(13)8(6)11/h2-3,5-7,13H,4H2,1H3/t5-,6-,7-/m1/s1. The molecule has 0 unspecified atom stereocenters. The van der Waals surface area contributed by atoms with Crippen molar-refractivity contribution in [3.63, 3.8) is 0 Å². The van der Waals surface area contributed by atoms with Gasteiger partial charge in [-0.1, -0.05) is 19.1 Å². The lowest BCUT2D eigenvalue weighted by molar-refractivity contribution is -0.173. The van der Waals surface area contributed by atoms with E-state index >= 15 is 0 Å². The monoisotopic (exact) mass is 181 g/mol. The van der Waals surface area contributed by atoms with E-state index in [0.717, 1.165) is 0 Å². The molecule has 0 saturated carbocycles. The van der Waals surface area contributed by atoms with Crippen LogP contribution in [-0.2, 0) is 9.59 Å². The van der Waals surface area contributed by atoms with Crippen LogP contribution in [0.5, 0.6) is 0 Å². The van der Waals surface area contributed by atoms with Crippen molar-refractivity contribution < 1.29 is 14.8 Å². The molecule has 0 aromatic rings. The molecule has 1 fully saturated rings. The van der Waals surface area contributed by atoms with Gasteiger partial charge in [-0.15, -0.1) is 0 Å². The van der Waals surface area contributed by atoms with Gasteiger partial charge in [0.1, 0.15) is 0 Å². The van der Waals surface area contributed by atoms with Gasteiger partial charge in [0.25, 0.3) is 11.8 Å². The molecular formula is C9H11NO3. The first-order valence-corrected chi connectivity index (χ1v) is 4.36. The number of hydrogen-bond acceptors (Lipinski definition) is 3. The average molecular weight is 181 g/mol. The minimum Gasteiger partial charge on any atom is -0.278 e. The summed E-state index contributed by atoms with van der Waals surface area (Å²) in [4.78, 5) is 22.7. The summed E-state index contributed by atoms with van der Waals surface area (Å²) in [6.07, 6.45) is 4.39. The summed E-state index contributed by atoms with van der Waals surface area (Å²) in [6.45, 7) is 1.89. The molecule has 1 saturated heterocycles. The molecule has 3 atom stereocenters. The van der Waals surface area contributed by atoms with Gasteiger partial charge in [-0.25, -0.2) is 0 Å². The molecule has 0 aromatic carbocycles. The molecule has 0 radical (unpaired) electrons. The number of carbonyl (C=O) groups excluding carboxylic acids is 2. The summed E-state index contributed by atoms with van der Waals surface area (Å²) in [5.74, 6) is -1.54. The van der Waals surface area contributed by atoms with Crippen LogP contribution in [0.1, 0.15) is 13.3 Å². The van der Waals surface area contributed by atoms with E-state index < -0.39 is 11.8 Å². The fourth-order valence-corrected chi connectivity index (χ4v) is 2.13. The Balaban J connectivity index is 2.36. The SMILES string of the molecule is C[C@@H]1C=CC[C@H]2C(=O)N(O)C(=O)[C@H]12. The number of hydrogen-bond donors (Lipinski definition) is 1. The summed E-state index contributed by atoms with van der Waals surface area (Å²) in [5.41, 5.74) is 0. The molecule has 0 aromatic heterocycles. The molecule has 1 aliphatic heterocycles. The van der Waals surface area contributed by atoms with Gasteiger partial charge in [0.2, 0.25) is 0 Å². The molecule has 1 heterocycles. The van der Waals surface area contributed by atoms with Crippen molar-refractivity contribution >= 4 is 11.8 Å². The van der Waals surface area contributed by atoms with Crippen molar-refractivity contribution in [2.45, 2.75) is 13.3 Å². The Morgan fingerprint density at radius 1 is 1.46 bits per heavy atom. The molecule has 1 aliphatic carbocycles. The Hall–Kier alpha value is -1.16. The fraction of sp³-hybridized carbons (Fsp3) is 0.556. The molecule has 1 N–H and O–H groups in total. The minimum atomic E-state index is -0.453. The largest absolute Gasteiger partial charge is 0.278 e. The molecule has 2 amide bonds. The third kappa shape index (κ3) is 1.02. The normalized spacial score (nSPS) is 38.3. The predicted octanol–water partition coefficient (Wildman–Crippen LogP) is 0.573. The lowest BCUT2D eigenvalue weighted by atomic mass is 9.78. The number of imide groups is 1. The van der Waals surface area contributed by atoms with Crippen LogP contribution in [0.4, 0.5) is 0 Å². The Labute approximate surface area is 75.8 Å². The Morgan fingerprint density at radius 3 is 2.77 bits per heavy atom. The first-order chi connectivity index (χ1) is 6.13. The van der Waals surface area contributed by atoms with Crippen LogP contribution in [-0.4, -0.2) is 22.1 Å². The lowest BCUT2D eigenvalue weighted by Gasteiger charge is -2.21. The summed E-state index contributed by atoms with van der Waals surface area (Å²) >= 11 is 0. The quantitative estimate of drug-likeness (QED) is 0.337. The third-order valence-electron chi connectivity index (χ3n) is 2.85. The van der Waals surface area contributed by atoms with E-state index in [1.165, 1.54) is 0 Å². The van der Waals surface area contributed by atoms with Crippen molar-refractivity contribution in [3.8, 4) is 0 Å². The highest BCUT2D eigenvalue weighted by atomic mass is 16.5. The predicted molar refractivity (Wildman–Crippen MR) is 43.5 cm³/mol. The zero-order chi connectivity index (χ0) is 9.59. The van der Waals surface area contributed by atoms with Crippen LogP contribution in [0.25, 0.3) is 0 Å². The van der Waals surface area contributed by atoms with E-state index in [4.69, 9.17) is 5.21 Å². The zero-order valence-electron chi connectivity index (χ0n) is 7.30. The van der Waals surface area contributed by atoms with Crippen LogP contribution < -0.4 is 0 Å². The highest BCUT2D eigenvalue weighted by Gasteiger charge is 2.49. The van der Waals surface area contributed by atoms with Crippen LogP contribution in [0.15, 0.2) is 12.2 Å². The van der Waals surface area contributed by atoms with Gasteiger partial charge in [-0.05, 0) is 12.3 Å². The number of rotatable bonds is 0. The van der Waals surface area contributed by atoms with Gasteiger partial charge >= 0.3 is 0 Å². The maximum atomic E-state index is 11.4. The first kappa shape index (κ1) is 8.44. The summed E-state index contributed by atoms with van der Waals surface area (Å²) < 4.78 is 0. The average Bonchev–Trinajstić information content (AvgIpc) is 2.33. The van der Waals surface area contributed by atoms with Crippen molar-refractivity contribution in [2.75, 3.05) is 0 Å². The molecule has 2 aliphatic rings. The summed E-state index contributed by atoms with van der Waals surface area (Å²) in [5, 5.41) is 9.40. The second-order valence-electron chi connectivity index (χ2n) is 3.64. The number of allylic oxidation sites excluding steroid dienone is 2. The van der Waals surface area contributed by atoms with E-state index in [1.807, 2.05) is 19.1 Å². The maximum absolute atomic E-state index is 11.4. The molecule has 2 rings (SSSR count). The second kappa shape index (κ2) is 2.67. The number of fused-ring (bicyclic) bond motifs is 1. The van der Waals surface area contributed by atoms with Crippen LogP contribution in [0, 0.1) is 17.8 Å². The van der Waals surface area contributed by atoms with E-state index in [0.29, 0.717) is 6.42 Å². The highest BCUT2D eigenvalue weighted by molar-refractivity contribution is 6.04. The zero-order valence-corrected chi connectivity index (χ0v) is 7.30. The number of hydroxylamine groups is 2. The van der Waals surface area contributed by atoms with Crippen molar-refractivity contribution in [1.82, 2.24) is 5.06 Å². The Kier molecular flexibility index (Phi) is 1.73. The van der Waals surface area contributed by atoms with E-state index in [9.17, 15) is 9.59 Å². The van der Waals surface area contributed by atoms with Crippen LogP contribution in [0.2, 0.25) is 0 Å². The van der Waals surface area contributed by atoms with Gasteiger partial charge in [-0.2, -0.15) is 5.06 Å². The van der Waals surface area contributed by atoms with Gasteiger partial charge in [0, 0.05) is 0 Å². The second-order valence-corrected chi connectivity index (χ2v) is 3.64. The molecule has 70 valence electrons. The third-order valence-corrected chi connectivity index (χ3v) is 2.85. The van der Waals surface area contributed by atoms with Crippen LogP contribution in [0.3, 0.4) is 0 Å². The van der Waals surface area contributed by atoms with E-state index in [2.05, 4.69) is 0 Å². The van der Waals surface area contributed by atoms with E-state index in [-0.39, 0.29) is 22.8 Å². The summed E-state index contributed by atoms with van der Waals surface area (Å²) in [6, 6.07) is 0. The molecule has 0 bridgehead atoms. The number of nitrogens with zero attached hydrogens (tertiary/aromatic N) is 1. The van der Waals surface area contributed by atoms with Crippen molar-refractivity contribution in [1.29, 1.82) is 0 Å². The van der Waals surface area contributed by atoms with Gasteiger partial charge in [0.05, 0.1) is 11.8 Å². The number of carbonyl (C=O) groups is 2. The number of amides is 2. The fourth-order valence-electron chi connectivity index (χ4n) is 2.13. The topological polar surface area (TPSA) is 57.6 Å². The Morgan fingerprint density at radius 2 is 2.15 bits per heavy atom. The van der Waals surface area contributed by atoms with E-state index in [1.54, 1.807) is 0 Å². The van der Waals surface area contributed by atoms with Crippen molar-refractivity contribution in [2.24, 2.45) is 17.8 Å². The molecule has 0 spiro atoms. The molecular weight excluding hydrogens is 170 g/mol. The van der Waals surface area contributed by atoms with Crippen LogP contribution >= 0.6 is 0 Å². The first-order valence-electron chi connectivity index (χ1n) is 4.36. The van der Waals surface area contributed by atoms with Gasteiger partial charge in [0.15, 0.2) is 0 Å². The van der Waals surface area contributed by atoms with Crippen molar-refractivity contribution in [3.05, 3.63) is 12.2 Å². The lowest BCUT2D eigenvalue weighted by Crippen LogP contribution is -2.28. The maximum Gasteiger partial charge on any atom is 0.257 e. The molecule has 13 heavy (non-hydrogen) atoms. The smallest absolute Gasteiger partial charge is 0.257 e. The molecule has 4 nitrogen and oxygen atoms in total. The minimum absolute atomic E-state index is 0.0485.